The summed E-state index contributed by atoms with van der Waals surface area (Å²) in [6.07, 6.45) is 0. The molecule has 0 spiro atoms. The van der Waals surface area contributed by atoms with Crippen LogP contribution in [-0.2, 0) is 4.79 Å². The lowest BCUT2D eigenvalue weighted by atomic mass is 9.94. The molecule has 0 fully saturated rings. The zero-order valence-corrected chi connectivity index (χ0v) is 12.9. The number of carbonyl (C=O) groups excluding carboxylic acids is 1. The summed E-state index contributed by atoms with van der Waals surface area (Å²) in [7, 11) is 3.16. The van der Waals surface area contributed by atoms with Crippen molar-refractivity contribution in [2.75, 3.05) is 14.2 Å². The maximum Gasteiger partial charge on any atom is 0.241 e. The van der Waals surface area contributed by atoms with Gasteiger partial charge >= 0.3 is 0 Å². The third kappa shape index (κ3) is 2.37. The van der Waals surface area contributed by atoms with Crippen LogP contribution in [0.2, 0.25) is 0 Å². The first kappa shape index (κ1) is 15.0. The van der Waals surface area contributed by atoms with Crippen molar-refractivity contribution in [1.29, 1.82) is 0 Å². The van der Waals surface area contributed by atoms with E-state index in [2.05, 4.69) is 21.2 Å². The van der Waals surface area contributed by atoms with E-state index in [1.165, 1.54) is 0 Å². The van der Waals surface area contributed by atoms with E-state index in [0.29, 0.717) is 5.75 Å². The number of carbonyl (C=O) groups is 1. The Labute approximate surface area is 116 Å². The Morgan fingerprint density at radius 3 is 2.28 bits per heavy atom. The molecular formula is C13H19BrN2O2. The number of hydrogen-bond acceptors (Lipinski definition) is 3. The van der Waals surface area contributed by atoms with Gasteiger partial charge in [-0.1, -0.05) is 15.9 Å². The Hall–Kier alpha value is -1.07. The molecule has 0 radical (unpaired) electrons. The summed E-state index contributed by atoms with van der Waals surface area (Å²) in [6, 6.07) is -0.736. The number of nitrogens with one attached hydrogen (secondary N) is 1. The van der Waals surface area contributed by atoms with E-state index in [9.17, 15) is 4.79 Å². The maximum atomic E-state index is 11.7. The molecule has 1 unspecified atom stereocenters. The number of ether oxygens (including phenoxy) is 1. The van der Waals surface area contributed by atoms with Crippen molar-refractivity contribution in [1.82, 2.24) is 5.32 Å². The molecule has 3 N–H and O–H groups in total. The number of methoxy groups -OCH3 is 1. The Kier molecular flexibility index (Phi) is 4.76. The number of amides is 1. The van der Waals surface area contributed by atoms with Crippen LogP contribution in [0.1, 0.15) is 28.3 Å². The summed E-state index contributed by atoms with van der Waals surface area (Å²) in [6.45, 7) is 5.89. The number of likely N-dealkylation sites (N-methyl/N-ethyl adjacent to an activating group) is 1. The second kappa shape index (κ2) is 5.71. The molecule has 1 aromatic rings. The van der Waals surface area contributed by atoms with Gasteiger partial charge in [-0.3, -0.25) is 4.79 Å². The minimum atomic E-state index is -0.736. The highest BCUT2D eigenvalue weighted by molar-refractivity contribution is 9.10. The lowest BCUT2D eigenvalue weighted by molar-refractivity contribution is -0.122. The molecule has 0 aliphatic carbocycles. The second-order valence-electron chi connectivity index (χ2n) is 4.23. The van der Waals surface area contributed by atoms with Gasteiger partial charge in [0.05, 0.1) is 7.11 Å². The zero-order chi connectivity index (χ0) is 14.0. The molecule has 1 aromatic carbocycles. The van der Waals surface area contributed by atoms with Gasteiger partial charge in [0.15, 0.2) is 0 Å². The highest BCUT2D eigenvalue weighted by Crippen LogP contribution is 2.38. The topological polar surface area (TPSA) is 64.4 Å². The van der Waals surface area contributed by atoms with E-state index in [1.807, 2.05) is 20.8 Å². The molecule has 0 heterocycles. The molecule has 0 saturated carbocycles. The van der Waals surface area contributed by atoms with Crippen molar-refractivity contribution in [3.8, 4) is 5.75 Å². The van der Waals surface area contributed by atoms with Crippen LogP contribution in [0.4, 0.5) is 0 Å². The van der Waals surface area contributed by atoms with Crippen LogP contribution in [0.3, 0.4) is 0 Å². The monoisotopic (exact) mass is 314 g/mol. The first-order chi connectivity index (χ1) is 8.36. The van der Waals surface area contributed by atoms with E-state index in [4.69, 9.17) is 10.5 Å². The van der Waals surface area contributed by atoms with Crippen molar-refractivity contribution >= 4 is 21.8 Å². The summed E-state index contributed by atoms with van der Waals surface area (Å²) in [5, 5.41) is 2.56. The molecule has 1 atom stereocenters. The van der Waals surface area contributed by atoms with E-state index in [-0.39, 0.29) is 5.91 Å². The van der Waals surface area contributed by atoms with Crippen LogP contribution in [0.15, 0.2) is 4.47 Å². The highest BCUT2D eigenvalue weighted by atomic mass is 79.9. The maximum absolute atomic E-state index is 11.7. The summed E-state index contributed by atoms with van der Waals surface area (Å²) in [5.41, 5.74) is 9.75. The summed E-state index contributed by atoms with van der Waals surface area (Å²) < 4.78 is 6.40. The second-order valence-corrected chi connectivity index (χ2v) is 5.02. The average molecular weight is 315 g/mol. The van der Waals surface area contributed by atoms with Gasteiger partial charge in [0.2, 0.25) is 5.91 Å². The predicted octanol–water partition coefficient (Wildman–Crippen LogP) is 2.13. The zero-order valence-electron chi connectivity index (χ0n) is 11.3. The van der Waals surface area contributed by atoms with Crippen LogP contribution >= 0.6 is 15.9 Å². The van der Waals surface area contributed by atoms with Crippen LogP contribution < -0.4 is 15.8 Å². The van der Waals surface area contributed by atoms with E-state index in [1.54, 1.807) is 14.2 Å². The normalized spacial score (nSPS) is 12.2. The first-order valence-corrected chi connectivity index (χ1v) is 6.46. The molecule has 5 heteroatoms. The van der Waals surface area contributed by atoms with Gasteiger partial charge in [-0.25, -0.2) is 0 Å². The number of hydrogen-bond donors (Lipinski definition) is 2. The van der Waals surface area contributed by atoms with Crippen molar-refractivity contribution in [2.24, 2.45) is 5.73 Å². The lowest BCUT2D eigenvalue weighted by Gasteiger charge is -2.22. The molecule has 0 aliphatic heterocycles. The summed E-state index contributed by atoms with van der Waals surface area (Å²) in [4.78, 5) is 11.7. The van der Waals surface area contributed by atoms with Crippen LogP contribution in [-0.4, -0.2) is 20.1 Å². The largest absolute Gasteiger partial charge is 0.496 e. The fourth-order valence-electron chi connectivity index (χ4n) is 2.03. The van der Waals surface area contributed by atoms with Gasteiger partial charge < -0.3 is 15.8 Å². The minimum Gasteiger partial charge on any atom is -0.496 e. The van der Waals surface area contributed by atoms with Crippen molar-refractivity contribution in [3.05, 3.63) is 26.7 Å². The molecular weight excluding hydrogens is 296 g/mol. The van der Waals surface area contributed by atoms with Gasteiger partial charge in [-0.05, 0) is 37.5 Å². The Balaban J connectivity index is 3.56. The van der Waals surface area contributed by atoms with Gasteiger partial charge in [-0.2, -0.15) is 0 Å². The number of halogens is 1. The number of rotatable bonds is 3. The van der Waals surface area contributed by atoms with Gasteiger partial charge in [0.1, 0.15) is 11.8 Å². The quantitative estimate of drug-likeness (QED) is 0.898. The third-order valence-electron chi connectivity index (χ3n) is 3.25. The molecule has 1 amide bonds. The smallest absolute Gasteiger partial charge is 0.241 e. The molecule has 0 saturated heterocycles. The fourth-order valence-corrected chi connectivity index (χ4v) is 2.54. The SMILES string of the molecule is CNC(=O)C(N)c1c(C)c(Br)c(C)c(C)c1OC. The molecule has 0 bridgehead atoms. The Bertz CT molecular complexity index is 487. The van der Waals surface area contributed by atoms with Crippen LogP contribution in [0.5, 0.6) is 5.75 Å². The number of nitrogens with two attached hydrogens (primary N) is 1. The van der Waals surface area contributed by atoms with Crippen molar-refractivity contribution in [3.63, 3.8) is 0 Å². The van der Waals surface area contributed by atoms with Crippen molar-refractivity contribution in [2.45, 2.75) is 26.8 Å². The average Bonchev–Trinajstić information content (AvgIpc) is 2.38. The Morgan fingerprint density at radius 2 is 1.83 bits per heavy atom. The molecule has 1 rings (SSSR count). The minimum absolute atomic E-state index is 0.230. The predicted molar refractivity (Wildman–Crippen MR) is 75.9 cm³/mol. The molecule has 0 aromatic heterocycles. The Morgan fingerprint density at radius 1 is 1.28 bits per heavy atom. The lowest BCUT2D eigenvalue weighted by Crippen LogP contribution is -2.32. The van der Waals surface area contributed by atoms with E-state index >= 15 is 0 Å². The van der Waals surface area contributed by atoms with Gasteiger partial charge in [0, 0.05) is 17.1 Å². The van der Waals surface area contributed by atoms with E-state index in [0.717, 1.165) is 26.7 Å². The fraction of sp³-hybridized carbons (Fsp3) is 0.462. The van der Waals surface area contributed by atoms with Crippen LogP contribution in [0, 0.1) is 20.8 Å². The van der Waals surface area contributed by atoms with Crippen LogP contribution in [0.25, 0.3) is 0 Å². The molecule has 100 valence electrons. The first-order valence-electron chi connectivity index (χ1n) is 5.67. The molecule has 18 heavy (non-hydrogen) atoms. The van der Waals surface area contributed by atoms with Gasteiger partial charge in [0.25, 0.3) is 0 Å². The van der Waals surface area contributed by atoms with Gasteiger partial charge in [-0.15, -0.1) is 0 Å². The highest BCUT2D eigenvalue weighted by Gasteiger charge is 2.25. The number of benzene rings is 1. The molecule has 0 aliphatic rings. The summed E-state index contributed by atoms with van der Waals surface area (Å²) in [5.74, 6) is 0.454. The van der Waals surface area contributed by atoms with E-state index < -0.39 is 6.04 Å². The standard InChI is InChI=1S/C13H19BrN2O2/c1-6-7(2)12(18-5)9(8(3)10(6)14)11(15)13(17)16-4/h11H,15H2,1-5H3,(H,16,17). The summed E-state index contributed by atoms with van der Waals surface area (Å²) >= 11 is 3.54. The molecule has 4 nitrogen and oxygen atoms in total. The van der Waals surface area contributed by atoms with Crippen molar-refractivity contribution < 1.29 is 9.53 Å². The third-order valence-corrected chi connectivity index (χ3v) is 4.44.